The number of carboxylic acid groups (broad SMARTS) is 1. The molecule has 1 aromatic rings. The van der Waals surface area contributed by atoms with E-state index in [9.17, 15) is 13.2 Å². The van der Waals surface area contributed by atoms with Gasteiger partial charge in [0, 0.05) is 26.2 Å². The van der Waals surface area contributed by atoms with Crippen molar-refractivity contribution in [1.29, 1.82) is 0 Å². The van der Waals surface area contributed by atoms with Gasteiger partial charge in [-0.05, 0) is 12.1 Å². The lowest BCUT2D eigenvalue weighted by atomic mass is 10.3. The number of nitrogen functional groups attached to an aromatic ring is 1. The number of nitrogens with zero attached hydrogens (tertiary/aromatic N) is 2. The van der Waals surface area contributed by atoms with Gasteiger partial charge in [-0.15, -0.1) is 0 Å². The maximum absolute atomic E-state index is 12.4. The van der Waals surface area contributed by atoms with Gasteiger partial charge in [-0.1, -0.05) is 12.1 Å². The quantitative estimate of drug-likeness (QED) is 0.758. The highest BCUT2D eigenvalue weighted by Crippen LogP contribution is 2.22. The molecule has 8 heteroatoms. The monoisotopic (exact) mass is 285 g/mol. The van der Waals surface area contributed by atoms with E-state index in [1.165, 1.54) is 21.3 Å². The summed E-state index contributed by atoms with van der Waals surface area (Å²) < 4.78 is 26.0. The van der Waals surface area contributed by atoms with Crippen molar-refractivity contribution in [1.82, 2.24) is 9.21 Å². The van der Waals surface area contributed by atoms with Gasteiger partial charge in [0.15, 0.2) is 0 Å². The molecule has 0 radical (unpaired) electrons. The molecule has 0 bridgehead atoms. The molecule has 1 saturated heterocycles. The summed E-state index contributed by atoms with van der Waals surface area (Å²) in [6, 6.07) is 6.25. The minimum atomic E-state index is -3.65. The molecule has 1 fully saturated rings. The zero-order valence-corrected chi connectivity index (χ0v) is 11.0. The molecule has 0 spiro atoms. The fraction of sp³-hybridized carbons (Fsp3) is 0.364. The van der Waals surface area contributed by atoms with Gasteiger partial charge in [-0.2, -0.15) is 4.31 Å². The van der Waals surface area contributed by atoms with Crippen molar-refractivity contribution in [3.8, 4) is 0 Å². The van der Waals surface area contributed by atoms with Gasteiger partial charge in [0.2, 0.25) is 10.0 Å². The lowest BCUT2D eigenvalue weighted by molar-refractivity contribution is 0.126. The number of carbonyl (C=O) groups is 1. The van der Waals surface area contributed by atoms with Gasteiger partial charge in [0.1, 0.15) is 4.90 Å². The molecule has 1 aromatic carbocycles. The Kier molecular flexibility index (Phi) is 3.63. The first kappa shape index (κ1) is 13.6. The van der Waals surface area contributed by atoms with E-state index in [4.69, 9.17) is 10.8 Å². The molecule has 2 rings (SSSR count). The smallest absolute Gasteiger partial charge is 0.407 e. The number of hydrogen-bond acceptors (Lipinski definition) is 4. The number of sulfonamides is 1. The molecule has 3 N–H and O–H groups in total. The number of hydrogen-bond donors (Lipinski definition) is 2. The van der Waals surface area contributed by atoms with Crippen LogP contribution in [0.25, 0.3) is 0 Å². The molecular formula is C11H15N3O4S. The Labute approximate surface area is 111 Å². The first-order chi connectivity index (χ1) is 8.93. The summed E-state index contributed by atoms with van der Waals surface area (Å²) in [4.78, 5) is 12.0. The molecule has 1 amide bonds. The normalized spacial score (nSPS) is 17.4. The average Bonchev–Trinajstić information content (AvgIpc) is 2.39. The molecule has 19 heavy (non-hydrogen) atoms. The molecular weight excluding hydrogens is 270 g/mol. The Morgan fingerprint density at radius 3 is 2.26 bits per heavy atom. The SMILES string of the molecule is Nc1ccccc1S(=O)(=O)N1CCN(C(=O)O)CC1. The molecule has 0 unspecified atom stereocenters. The van der Waals surface area contributed by atoms with Gasteiger partial charge < -0.3 is 15.7 Å². The molecule has 7 nitrogen and oxygen atoms in total. The number of nitrogens with two attached hydrogens (primary N) is 1. The third-order valence-electron chi connectivity index (χ3n) is 3.05. The fourth-order valence-corrected chi connectivity index (χ4v) is 3.51. The molecule has 1 aliphatic heterocycles. The van der Waals surface area contributed by atoms with E-state index < -0.39 is 16.1 Å². The maximum Gasteiger partial charge on any atom is 0.407 e. The Bertz CT molecular complexity index is 579. The van der Waals surface area contributed by atoms with Crippen molar-refractivity contribution < 1.29 is 18.3 Å². The second-order valence-corrected chi connectivity index (χ2v) is 6.12. The minimum Gasteiger partial charge on any atom is -0.465 e. The van der Waals surface area contributed by atoms with Crippen molar-refractivity contribution in [3.05, 3.63) is 24.3 Å². The van der Waals surface area contributed by atoms with Gasteiger partial charge in [-0.25, -0.2) is 13.2 Å². The maximum atomic E-state index is 12.4. The Morgan fingerprint density at radius 1 is 1.16 bits per heavy atom. The fourth-order valence-electron chi connectivity index (χ4n) is 1.97. The number of para-hydroxylation sites is 1. The van der Waals surface area contributed by atoms with Crippen molar-refractivity contribution in [2.24, 2.45) is 0 Å². The van der Waals surface area contributed by atoms with Crippen molar-refractivity contribution in [3.63, 3.8) is 0 Å². The molecule has 0 saturated carbocycles. The predicted octanol–water partition coefficient (Wildman–Crippen LogP) is 0.253. The summed E-state index contributed by atoms with van der Waals surface area (Å²) in [5, 5.41) is 8.83. The molecule has 0 aliphatic carbocycles. The number of piperazine rings is 1. The Hall–Kier alpha value is -1.80. The van der Waals surface area contributed by atoms with Crippen LogP contribution in [0.1, 0.15) is 0 Å². The van der Waals surface area contributed by atoms with Gasteiger partial charge >= 0.3 is 6.09 Å². The molecule has 0 atom stereocenters. The number of benzene rings is 1. The van der Waals surface area contributed by atoms with Crippen molar-refractivity contribution in [2.45, 2.75) is 4.90 Å². The van der Waals surface area contributed by atoms with Crippen molar-refractivity contribution in [2.75, 3.05) is 31.9 Å². The summed E-state index contributed by atoms with van der Waals surface area (Å²) in [5.74, 6) is 0. The second-order valence-electron chi connectivity index (χ2n) is 4.21. The highest BCUT2D eigenvalue weighted by Gasteiger charge is 2.30. The third kappa shape index (κ3) is 2.64. The van der Waals surface area contributed by atoms with E-state index in [0.717, 1.165) is 0 Å². The van der Waals surface area contributed by atoms with E-state index in [2.05, 4.69) is 0 Å². The standard InChI is InChI=1S/C11H15N3O4S/c12-9-3-1-2-4-10(9)19(17,18)14-7-5-13(6-8-14)11(15)16/h1-4H,5-8,12H2,(H,15,16). The van der Waals surface area contributed by atoms with Crippen LogP contribution >= 0.6 is 0 Å². The van der Waals surface area contributed by atoms with Gasteiger partial charge in [0.25, 0.3) is 0 Å². The highest BCUT2D eigenvalue weighted by atomic mass is 32.2. The third-order valence-corrected chi connectivity index (χ3v) is 5.02. The van der Waals surface area contributed by atoms with Crippen LogP contribution in [0.4, 0.5) is 10.5 Å². The molecule has 1 heterocycles. The van der Waals surface area contributed by atoms with Crippen LogP contribution in [0, 0.1) is 0 Å². The summed E-state index contributed by atoms with van der Waals surface area (Å²) in [6.07, 6.45) is -1.03. The largest absolute Gasteiger partial charge is 0.465 e. The van der Waals surface area contributed by atoms with Crippen LogP contribution in [-0.2, 0) is 10.0 Å². The van der Waals surface area contributed by atoms with E-state index in [1.54, 1.807) is 12.1 Å². The molecule has 1 aliphatic rings. The first-order valence-corrected chi connectivity index (χ1v) is 7.19. The molecule has 0 aromatic heterocycles. The molecule has 104 valence electrons. The number of amides is 1. The predicted molar refractivity (Wildman–Crippen MR) is 69.2 cm³/mol. The second kappa shape index (κ2) is 5.06. The topological polar surface area (TPSA) is 104 Å². The van der Waals surface area contributed by atoms with Crippen molar-refractivity contribution >= 4 is 21.8 Å². The zero-order valence-electron chi connectivity index (χ0n) is 10.2. The average molecular weight is 285 g/mol. The lowest BCUT2D eigenvalue weighted by Gasteiger charge is -2.32. The van der Waals surface area contributed by atoms with Gasteiger partial charge in [-0.3, -0.25) is 0 Å². The van der Waals surface area contributed by atoms with Crippen LogP contribution in [0.15, 0.2) is 29.2 Å². The summed E-state index contributed by atoms with van der Waals surface area (Å²) >= 11 is 0. The minimum absolute atomic E-state index is 0.0683. The van der Waals surface area contributed by atoms with E-state index in [-0.39, 0.29) is 36.8 Å². The van der Waals surface area contributed by atoms with Crippen LogP contribution < -0.4 is 5.73 Å². The van der Waals surface area contributed by atoms with E-state index >= 15 is 0 Å². The zero-order chi connectivity index (χ0) is 14.0. The first-order valence-electron chi connectivity index (χ1n) is 5.75. The number of anilines is 1. The van der Waals surface area contributed by atoms with Crippen LogP contribution in [-0.4, -0.2) is 55.0 Å². The van der Waals surface area contributed by atoms with Gasteiger partial charge in [0.05, 0.1) is 5.69 Å². The van der Waals surface area contributed by atoms with Crippen LogP contribution in [0.2, 0.25) is 0 Å². The highest BCUT2D eigenvalue weighted by molar-refractivity contribution is 7.89. The van der Waals surface area contributed by atoms with Crippen LogP contribution in [0.3, 0.4) is 0 Å². The van der Waals surface area contributed by atoms with Crippen LogP contribution in [0.5, 0.6) is 0 Å². The summed E-state index contributed by atoms with van der Waals surface area (Å²) in [5.41, 5.74) is 5.88. The Balaban J connectivity index is 2.19. The Morgan fingerprint density at radius 2 is 1.74 bits per heavy atom. The summed E-state index contributed by atoms with van der Waals surface area (Å²) in [6.45, 7) is 0.620. The number of rotatable bonds is 2. The van der Waals surface area contributed by atoms with E-state index in [1.807, 2.05) is 0 Å². The lowest BCUT2D eigenvalue weighted by Crippen LogP contribution is -2.50. The van der Waals surface area contributed by atoms with E-state index in [0.29, 0.717) is 0 Å². The summed E-state index contributed by atoms with van der Waals surface area (Å²) in [7, 11) is -3.65.